The van der Waals surface area contributed by atoms with Crippen LogP contribution in [0.3, 0.4) is 0 Å². The van der Waals surface area contributed by atoms with E-state index in [-0.39, 0.29) is 11.1 Å². The normalized spacial score (nSPS) is 16.9. The summed E-state index contributed by atoms with van der Waals surface area (Å²) in [4.78, 5) is 27.0. The van der Waals surface area contributed by atoms with Gasteiger partial charge >= 0.3 is 0 Å². The maximum absolute atomic E-state index is 12.7. The molecule has 4 nitrogen and oxygen atoms in total. The number of carbonyl (C=O) groups is 2. The Morgan fingerprint density at radius 1 is 1.23 bits per heavy atom. The lowest BCUT2D eigenvalue weighted by atomic mass is 10.1. The third-order valence-electron chi connectivity index (χ3n) is 3.39. The molecule has 2 amide bonds. The summed E-state index contributed by atoms with van der Waals surface area (Å²) in [7, 11) is 0. The van der Waals surface area contributed by atoms with Gasteiger partial charge in [-0.15, -0.1) is 0 Å². The first-order chi connectivity index (χ1) is 10.6. The third-order valence-corrected chi connectivity index (χ3v) is 4.50. The fourth-order valence-electron chi connectivity index (χ4n) is 2.27. The second-order valence-corrected chi connectivity index (χ2v) is 6.34. The van der Waals surface area contributed by atoms with Crippen molar-refractivity contribution in [1.29, 1.82) is 0 Å². The molecule has 1 atom stereocenters. The van der Waals surface area contributed by atoms with Gasteiger partial charge in [-0.1, -0.05) is 29.8 Å². The van der Waals surface area contributed by atoms with Crippen molar-refractivity contribution >= 4 is 45.9 Å². The first kappa shape index (κ1) is 14.9. The molecule has 0 unspecified atom stereocenters. The Bertz CT molecular complexity index is 736. The van der Waals surface area contributed by atoms with Crippen molar-refractivity contribution in [1.82, 2.24) is 0 Å². The largest absolute Gasteiger partial charge is 0.322 e. The molecule has 0 aliphatic carbocycles. The number of nitrogens with zero attached hydrogens (tertiary/aromatic N) is 1. The first-order valence-corrected chi connectivity index (χ1v) is 7.92. The highest BCUT2D eigenvalue weighted by Gasteiger charge is 2.34. The van der Waals surface area contributed by atoms with Crippen LogP contribution in [-0.4, -0.2) is 17.2 Å². The third kappa shape index (κ3) is 2.82. The fourth-order valence-corrected chi connectivity index (χ4v) is 3.28. The first-order valence-electron chi connectivity index (χ1n) is 6.73. The monoisotopic (exact) mass is 332 g/mol. The van der Waals surface area contributed by atoms with E-state index < -0.39 is 6.04 Å². The summed E-state index contributed by atoms with van der Waals surface area (Å²) in [6.07, 6.45) is 0. The fraction of sp³-hybridized carbons (Fsp3) is 0.125. The molecule has 0 bridgehead atoms. The van der Waals surface area contributed by atoms with Crippen LogP contribution in [0.25, 0.3) is 0 Å². The molecule has 2 aromatic carbocycles. The summed E-state index contributed by atoms with van der Waals surface area (Å²) in [6, 6.07) is 13.8. The molecule has 0 saturated carbocycles. The summed E-state index contributed by atoms with van der Waals surface area (Å²) in [5.74, 6) is -0.211. The van der Waals surface area contributed by atoms with Gasteiger partial charge in [-0.3, -0.25) is 14.5 Å². The van der Waals surface area contributed by atoms with Gasteiger partial charge in [0.25, 0.3) is 5.24 Å². The van der Waals surface area contributed by atoms with Crippen LogP contribution >= 0.6 is 23.4 Å². The number of hydrogen-bond donors (Lipinski definition) is 1. The maximum atomic E-state index is 12.7. The van der Waals surface area contributed by atoms with Crippen LogP contribution in [0.4, 0.5) is 16.2 Å². The van der Waals surface area contributed by atoms with Gasteiger partial charge in [0.1, 0.15) is 6.04 Å². The molecule has 0 fully saturated rings. The highest BCUT2D eigenvalue weighted by atomic mass is 35.5. The molecular weight excluding hydrogens is 320 g/mol. The number of fused-ring (bicyclic) bond motifs is 1. The van der Waals surface area contributed by atoms with Gasteiger partial charge in [0.2, 0.25) is 5.91 Å². The molecule has 112 valence electrons. The highest BCUT2D eigenvalue weighted by molar-refractivity contribution is 8.14. The Balaban J connectivity index is 1.96. The smallest absolute Gasteiger partial charge is 0.291 e. The Kier molecular flexibility index (Phi) is 4.09. The molecule has 0 spiro atoms. The average Bonchev–Trinajstić information content (AvgIpc) is 2.50. The zero-order valence-corrected chi connectivity index (χ0v) is 13.3. The Morgan fingerprint density at radius 2 is 1.95 bits per heavy atom. The van der Waals surface area contributed by atoms with E-state index in [4.69, 9.17) is 11.6 Å². The number of halogens is 1. The minimum absolute atomic E-state index is 0.211. The topological polar surface area (TPSA) is 49.4 Å². The van der Waals surface area contributed by atoms with Gasteiger partial charge < -0.3 is 5.32 Å². The molecule has 0 radical (unpaired) electrons. The van der Waals surface area contributed by atoms with E-state index in [1.165, 1.54) is 4.90 Å². The molecule has 6 heteroatoms. The van der Waals surface area contributed by atoms with Gasteiger partial charge in [-0.05, 0) is 49.0 Å². The van der Waals surface area contributed by atoms with Crippen LogP contribution in [0.2, 0.25) is 5.02 Å². The lowest BCUT2D eigenvalue weighted by molar-refractivity contribution is -0.117. The number of benzene rings is 2. The number of amides is 2. The van der Waals surface area contributed by atoms with Crippen molar-refractivity contribution in [2.75, 3.05) is 10.2 Å². The lowest BCUT2D eigenvalue weighted by Crippen LogP contribution is -2.48. The molecule has 22 heavy (non-hydrogen) atoms. The molecule has 1 N–H and O–H groups in total. The van der Waals surface area contributed by atoms with Crippen molar-refractivity contribution < 1.29 is 9.59 Å². The van der Waals surface area contributed by atoms with Crippen molar-refractivity contribution in [2.24, 2.45) is 0 Å². The second-order valence-electron chi connectivity index (χ2n) is 4.88. The van der Waals surface area contributed by atoms with E-state index in [2.05, 4.69) is 5.32 Å². The number of nitrogens with one attached hydrogen (secondary N) is 1. The quantitative estimate of drug-likeness (QED) is 0.787. The number of thioether (sulfide) groups is 1. The Labute approximate surface area is 137 Å². The summed E-state index contributed by atoms with van der Waals surface area (Å²) in [5.41, 5.74) is 1.21. The highest BCUT2D eigenvalue weighted by Crippen LogP contribution is 2.37. The summed E-state index contributed by atoms with van der Waals surface area (Å²) < 4.78 is 0. The molecule has 1 aliphatic heterocycles. The maximum Gasteiger partial charge on any atom is 0.291 e. The minimum atomic E-state index is -0.588. The van der Waals surface area contributed by atoms with Crippen molar-refractivity contribution in [3.63, 3.8) is 0 Å². The molecule has 1 aliphatic rings. The number of hydrogen-bond acceptors (Lipinski definition) is 3. The molecular formula is C16H13ClN2O2S. The number of rotatable bonds is 1. The van der Waals surface area contributed by atoms with Crippen molar-refractivity contribution in [2.45, 2.75) is 17.9 Å². The van der Waals surface area contributed by atoms with Gasteiger partial charge in [0.05, 0.1) is 11.4 Å². The Hall–Kier alpha value is -1.98. The van der Waals surface area contributed by atoms with Crippen molar-refractivity contribution in [3.05, 3.63) is 53.6 Å². The van der Waals surface area contributed by atoms with Crippen LogP contribution in [-0.2, 0) is 4.79 Å². The van der Waals surface area contributed by atoms with E-state index in [9.17, 15) is 9.59 Å². The zero-order valence-electron chi connectivity index (χ0n) is 11.7. The lowest BCUT2D eigenvalue weighted by Gasteiger charge is -2.34. The molecule has 3 rings (SSSR count). The van der Waals surface area contributed by atoms with E-state index in [0.717, 1.165) is 16.7 Å². The summed E-state index contributed by atoms with van der Waals surface area (Å²) in [6.45, 7) is 1.70. The van der Waals surface area contributed by atoms with Crippen molar-refractivity contribution in [3.8, 4) is 0 Å². The second kappa shape index (κ2) is 6.02. The van der Waals surface area contributed by atoms with E-state index in [1.54, 1.807) is 25.1 Å². The van der Waals surface area contributed by atoms with Crippen LogP contribution in [0, 0.1) is 0 Å². The van der Waals surface area contributed by atoms with Gasteiger partial charge in [-0.2, -0.15) is 0 Å². The predicted octanol–water partition coefficient (Wildman–Crippen LogP) is 4.40. The SMILES string of the molecule is C[C@H]1C(=O)Nc2ccc(Cl)cc2N1C(=O)Sc1ccccc1. The average molecular weight is 333 g/mol. The van der Waals surface area contributed by atoms with Crippen LogP contribution in [0.15, 0.2) is 53.4 Å². The number of carbonyl (C=O) groups excluding carboxylic acids is 2. The predicted molar refractivity (Wildman–Crippen MR) is 89.7 cm³/mol. The zero-order chi connectivity index (χ0) is 15.7. The summed E-state index contributed by atoms with van der Waals surface area (Å²) >= 11 is 7.12. The van der Waals surface area contributed by atoms with Gasteiger partial charge in [0.15, 0.2) is 0 Å². The number of anilines is 2. The molecule has 0 saturated heterocycles. The standard InChI is InChI=1S/C16H13ClN2O2S/c1-10-15(20)18-13-8-7-11(17)9-14(13)19(10)16(21)22-12-5-3-2-4-6-12/h2-10H,1H3,(H,18,20)/t10-/m0/s1. The Morgan fingerprint density at radius 3 is 2.68 bits per heavy atom. The van der Waals surface area contributed by atoms with Crippen LogP contribution in [0.1, 0.15) is 6.92 Å². The van der Waals surface area contributed by atoms with Gasteiger partial charge in [0, 0.05) is 9.92 Å². The summed E-state index contributed by atoms with van der Waals surface area (Å²) in [5, 5.41) is 3.09. The minimum Gasteiger partial charge on any atom is -0.322 e. The van der Waals surface area contributed by atoms with Crippen LogP contribution in [0.5, 0.6) is 0 Å². The molecule has 1 heterocycles. The van der Waals surface area contributed by atoms with E-state index >= 15 is 0 Å². The molecule has 2 aromatic rings. The van der Waals surface area contributed by atoms with Crippen LogP contribution < -0.4 is 10.2 Å². The van der Waals surface area contributed by atoms with Gasteiger partial charge in [-0.25, -0.2) is 0 Å². The van der Waals surface area contributed by atoms with E-state index in [1.807, 2.05) is 30.3 Å². The molecule has 0 aromatic heterocycles. The van der Waals surface area contributed by atoms with E-state index in [0.29, 0.717) is 16.4 Å².